The molecule has 0 aliphatic carbocycles. The van der Waals surface area contributed by atoms with Gasteiger partial charge in [0.1, 0.15) is 0 Å². The molecule has 0 saturated carbocycles. The number of rotatable bonds is 4. The van der Waals surface area contributed by atoms with E-state index in [1.165, 1.54) is 18.2 Å². The van der Waals surface area contributed by atoms with E-state index in [4.69, 9.17) is 15.4 Å². The Hall–Kier alpha value is -1.11. The molecule has 0 radical (unpaired) electrons. The van der Waals surface area contributed by atoms with Gasteiger partial charge in [-0.15, -0.1) is 0 Å². The molecule has 7 heteroatoms. The van der Waals surface area contributed by atoms with Crippen LogP contribution in [0.3, 0.4) is 0 Å². The quantitative estimate of drug-likeness (QED) is 0.858. The van der Waals surface area contributed by atoms with Gasteiger partial charge >= 0.3 is 0 Å². The lowest BCUT2D eigenvalue weighted by atomic mass is 10.1. The second-order valence-corrected chi connectivity index (χ2v) is 7.42. The molecule has 1 amide bonds. The zero-order valence-electron chi connectivity index (χ0n) is 11.1. The molecule has 1 aliphatic heterocycles. The summed E-state index contributed by atoms with van der Waals surface area (Å²) in [5, 5.41) is 2.84. The third kappa shape index (κ3) is 3.71. The Bertz CT molecular complexity index is 609. The van der Waals surface area contributed by atoms with Gasteiger partial charge in [-0.3, -0.25) is 4.79 Å². The second-order valence-electron chi connectivity index (χ2n) is 4.85. The Morgan fingerprint density at radius 3 is 2.80 bits per heavy atom. The van der Waals surface area contributed by atoms with Crippen LogP contribution in [0, 0.1) is 12.8 Å². The number of carbonyl (C=O) groups excluding carboxylic acids is 1. The molecule has 1 aromatic carbocycles. The van der Waals surface area contributed by atoms with Crippen LogP contribution >= 0.6 is 10.7 Å². The minimum Gasteiger partial charge on any atom is -0.381 e. The van der Waals surface area contributed by atoms with Crippen molar-refractivity contribution in [2.24, 2.45) is 5.92 Å². The number of nitrogens with one attached hydrogen (secondary N) is 1. The lowest BCUT2D eigenvalue weighted by Crippen LogP contribution is -2.30. The molecule has 2 rings (SSSR count). The summed E-state index contributed by atoms with van der Waals surface area (Å²) >= 11 is 0. The van der Waals surface area contributed by atoms with Gasteiger partial charge in [0.05, 0.1) is 11.5 Å². The van der Waals surface area contributed by atoms with Crippen molar-refractivity contribution in [3.8, 4) is 0 Å². The third-order valence-corrected chi connectivity index (χ3v) is 4.65. The van der Waals surface area contributed by atoms with Gasteiger partial charge in [0.25, 0.3) is 15.0 Å². The number of hydrogen-bond donors (Lipinski definition) is 1. The maximum absolute atomic E-state index is 12.0. The predicted molar refractivity (Wildman–Crippen MR) is 75.5 cm³/mol. The Balaban J connectivity index is 2.06. The SMILES string of the molecule is Cc1cc(S(=O)(=O)Cl)ccc1C(=O)NCC1CCOC1. The summed E-state index contributed by atoms with van der Waals surface area (Å²) in [5.74, 6) is 0.134. The van der Waals surface area contributed by atoms with Crippen LogP contribution < -0.4 is 5.32 Å². The predicted octanol–water partition coefficient (Wildman–Crippen LogP) is 1.69. The molecule has 1 saturated heterocycles. The monoisotopic (exact) mass is 317 g/mol. The number of benzene rings is 1. The van der Waals surface area contributed by atoms with Crippen LogP contribution in [0.25, 0.3) is 0 Å². The Labute approximate surface area is 122 Å². The van der Waals surface area contributed by atoms with E-state index in [2.05, 4.69) is 5.32 Å². The molecule has 110 valence electrons. The molecular formula is C13H16ClNO4S. The van der Waals surface area contributed by atoms with Crippen molar-refractivity contribution in [2.75, 3.05) is 19.8 Å². The van der Waals surface area contributed by atoms with Crippen LogP contribution in [0.4, 0.5) is 0 Å². The molecule has 20 heavy (non-hydrogen) atoms. The fourth-order valence-electron chi connectivity index (χ4n) is 2.12. The molecule has 5 nitrogen and oxygen atoms in total. The first-order valence-electron chi connectivity index (χ1n) is 6.29. The minimum atomic E-state index is -3.77. The number of ether oxygens (including phenoxy) is 1. The Morgan fingerprint density at radius 2 is 2.25 bits per heavy atom. The van der Waals surface area contributed by atoms with E-state index in [1.54, 1.807) is 6.92 Å². The maximum atomic E-state index is 12.0. The van der Waals surface area contributed by atoms with E-state index in [1.807, 2.05) is 0 Å². The van der Waals surface area contributed by atoms with Crippen LogP contribution in [0.15, 0.2) is 23.1 Å². The minimum absolute atomic E-state index is 0.00240. The molecular weight excluding hydrogens is 302 g/mol. The first kappa shape index (κ1) is 15.3. The standard InChI is InChI=1S/C13H16ClNO4S/c1-9-6-11(20(14,17)18)2-3-12(9)13(16)15-7-10-4-5-19-8-10/h2-3,6,10H,4-5,7-8H2,1H3,(H,15,16). The van der Waals surface area contributed by atoms with E-state index in [0.717, 1.165) is 13.0 Å². The summed E-state index contributed by atoms with van der Waals surface area (Å²) in [6.07, 6.45) is 0.947. The number of aryl methyl sites for hydroxylation is 1. The second kappa shape index (κ2) is 6.11. The highest BCUT2D eigenvalue weighted by molar-refractivity contribution is 8.13. The summed E-state index contributed by atoms with van der Waals surface area (Å²) in [7, 11) is 1.50. The van der Waals surface area contributed by atoms with Gasteiger partial charge in [0.15, 0.2) is 0 Å². The average molecular weight is 318 g/mol. The molecule has 1 aromatic rings. The molecule has 0 aromatic heterocycles. The molecule has 0 spiro atoms. The maximum Gasteiger partial charge on any atom is 0.261 e. The average Bonchev–Trinajstić information content (AvgIpc) is 2.87. The van der Waals surface area contributed by atoms with Crippen molar-refractivity contribution in [2.45, 2.75) is 18.2 Å². The van der Waals surface area contributed by atoms with Gasteiger partial charge in [-0.1, -0.05) is 0 Å². The molecule has 1 unspecified atom stereocenters. The Morgan fingerprint density at radius 1 is 1.50 bits per heavy atom. The van der Waals surface area contributed by atoms with Crippen molar-refractivity contribution in [3.63, 3.8) is 0 Å². The molecule has 0 bridgehead atoms. The van der Waals surface area contributed by atoms with Crippen molar-refractivity contribution < 1.29 is 17.9 Å². The summed E-state index contributed by atoms with van der Waals surface area (Å²) in [6, 6.07) is 4.21. The molecule has 1 N–H and O–H groups in total. The molecule has 1 atom stereocenters. The summed E-state index contributed by atoms with van der Waals surface area (Å²) < 4.78 is 27.7. The third-order valence-electron chi connectivity index (χ3n) is 3.30. The van der Waals surface area contributed by atoms with Crippen LogP contribution in [-0.2, 0) is 13.8 Å². The lowest BCUT2D eigenvalue weighted by molar-refractivity contribution is 0.0944. The van der Waals surface area contributed by atoms with Crippen molar-refractivity contribution in [1.82, 2.24) is 5.32 Å². The van der Waals surface area contributed by atoms with E-state index < -0.39 is 9.05 Å². The van der Waals surface area contributed by atoms with E-state index in [-0.39, 0.29) is 10.8 Å². The van der Waals surface area contributed by atoms with Gasteiger partial charge < -0.3 is 10.1 Å². The van der Waals surface area contributed by atoms with E-state index in [9.17, 15) is 13.2 Å². The number of hydrogen-bond acceptors (Lipinski definition) is 4. The fraction of sp³-hybridized carbons (Fsp3) is 0.462. The number of halogens is 1. The van der Waals surface area contributed by atoms with Crippen LogP contribution in [0.1, 0.15) is 22.3 Å². The topological polar surface area (TPSA) is 72.5 Å². The van der Waals surface area contributed by atoms with Crippen LogP contribution in [-0.4, -0.2) is 34.1 Å². The smallest absolute Gasteiger partial charge is 0.261 e. The fourth-order valence-corrected chi connectivity index (χ4v) is 2.96. The molecule has 1 fully saturated rings. The summed E-state index contributed by atoms with van der Waals surface area (Å²) in [6.45, 7) is 3.65. The van der Waals surface area contributed by atoms with Crippen LogP contribution in [0.2, 0.25) is 0 Å². The van der Waals surface area contributed by atoms with Crippen molar-refractivity contribution in [1.29, 1.82) is 0 Å². The first-order chi connectivity index (χ1) is 9.38. The van der Waals surface area contributed by atoms with Gasteiger partial charge in [0.2, 0.25) is 0 Å². The molecule has 1 heterocycles. The largest absolute Gasteiger partial charge is 0.381 e. The first-order valence-corrected chi connectivity index (χ1v) is 8.60. The van der Waals surface area contributed by atoms with Gasteiger partial charge in [0, 0.05) is 35.3 Å². The zero-order chi connectivity index (χ0) is 14.8. The van der Waals surface area contributed by atoms with Gasteiger partial charge in [-0.2, -0.15) is 0 Å². The van der Waals surface area contributed by atoms with E-state index in [0.29, 0.717) is 30.2 Å². The normalized spacial score (nSPS) is 19.0. The molecule has 1 aliphatic rings. The highest BCUT2D eigenvalue weighted by atomic mass is 35.7. The zero-order valence-corrected chi connectivity index (χ0v) is 12.6. The van der Waals surface area contributed by atoms with Gasteiger partial charge in [-0.25, -0.2) is 8.42 Å². The van der Waals surface area contributed by atoms with Crippen LogP contribution in [0.5, 0.6) is 0 Å². The number of amides is 1. The summed E-state index contributed by atoms with van der Waals surface area (Å²) in [4.78, 5) is 12.0. The van der Waals surface area contributed by atoms with Crippen molar-refractivity contribution >= 4 is 25.6 Å². The lowest BCUT2D eigenvalue weighted by Gasteiger charge is -2.11. The van der Waals surface area contributed by atoms with Gasteiger partial charge in [-0.05, 0) is 37.1 Å². The number of carbonyl (C=O) groups is 1. The summed E-state index contributed by atoms with van der Waals surface area (Å²) in [5.41, 5.74) is 1.03. The Kier molecular flexibility index (Phi) is 4.67. The van der Waals surface area contributed by atoms with Crippen molar-refractivity contribution in [3.05, 3.63) is 29.3 Å². The van der Waals surface area contributed by atoms with E-state index >= 15 is 0 Å². The highest BCUT2D eigenvalue weighted by Crippen LogP contribution is 2.19. The highest BCUT2D eigenvalue weighted by Gasteiger charge is 2.18.